The van der Waals surface area contributed by atoms with E-state index in [9.17, 15) is 28.8 Å². The van der Waals surface area contributed by atoms with E-state index < -0.39 is 0 Å². The number of carbonyl (C=O) groups excluding carboxylic acids is 6. The van der Waals surface area contributed by atoms with E-state index in [0.29, 0.717) is 13.0 Å². The van der Waals surface area contributed by atoms with Crippen LogP contribution < -0.4 is 0 Å². The number of nitrogens with zero attached hydrogens (tertiary/aromatic N) is 1. The van der Waals surface area contributed by atoms with Crippen LogP contribution >= 0.6 is 0 Å². The van der Waals surface area contributed by atoms with Gasteiger partial charge in [-0.1, -0.05) is 21.3 Å². The highest BCUT2D eigenvalue weighted by atomic mass is 16.2. The Morgan fingerprint density at radius 3 is 1.54 bits per heavy atom. The van der Waals surface area contributed by atoms with E-state index in [0.717, 1.165) is 0 Å². The summed E-state index contributed by atoms with van der Waals surface area (Å²) in [6.45, 7) is 7.97. The highest BCUT2D eigenvalue weighted by Crippen LogP contribution is 2.03. The first kappa shape index (κ1) is 28.6. The summed E-state index contributed by atoms with van der Waals surface area (Å²) in [4.78, 5) is 66.5. The highest BCUT2D eigenvalue weighted by Gasteiger charge is 2.18. The smallest absolute Gasteiger partial charge is 0.229 e. The van der Waals surface area contributed by atoms with Crippen molar-refractivity contribution in [2.45, 2.75) is 67.7 Å². The van der Waals surface area contributed by atoms with Crippen molar-refractivity contribution < 1.29 is 28.8 Å². The Kier molecular flexibility index (Phi) is 16.6. The third-order valence-corrected chi connectivity index (χ3v) is 3.30. The third kappa shape index (κ3) is 16.7. The second-order valence-corrected chi connectivity index (χ2v) is 6.15. The van der Waals surface area contributed by atoms with Crippen LogP contribution in [0.2, 0.25) is 0 Å². The molecule has 0 fully saturated rings. The van der Waals surface area contributed by atoms with E-state index >= 15 is 0 Å². The van der Waals surface area contributed by atoms with Crippen LogP contribution in [-0.4, -0.2) is 53.3 Å². The predicted octanol–water partition coefficient (Wildman–Crippen LogP) is 2.19. The lowest BCUT2D eigenvalue weighted by molar-refractivity contribution is -0.136. The van der Waals surface area contributed by atoms with Crippen LogP contribution in [0.1, 0.15) is 67.7 Å². The zero-order valence-electron chi connectivity index (χ0n) is 16.0. The van der Waals surface area contributed by atoms with Gasteiger partial charge in [0.2, 0.25) is 5.91 Å². The Hall–Kier alpha value is -2.18. The summed E-state index contributed by atoms with van der Waals surface area (Å²) in [6, 6.07) is 0. The maximum absolute atomic E-state index is 11.6. The van der Waals surface area contributed by atoms with Gasteiger partial charge in [0.15, 0.2) is 0 Å². The summed E-state index contributed by atoms with van der Waals surface area (Å²) in [5.74, 6) is -1.25. The van der Waals surface area contributed by atoms with E-state index in [2.05, 4.69) is 0 Å². The molecule has 0 spiro atoms. The molecule has 26 heavy (non-hydrogen) atoms. The van der Waals surface area contributed by atoms with Crippen LogP contribution in [0.25, 0.3) is 0 Å². The molecule has 0 aliphatic carbocycles. The number of rotatable bonds is 10. The minimum Gasteiger partial charge on any atom is -0.345 e. The summed E-state index contributed by atoms with van der Waals surface area (Å²) in [5.41, 5.74) is 0. The zero-order chi connectivity index (χ0) is 20.2. The van der Waals surface area contributed by atoms with Gasteiger partial charge in [0, 0.05) is 25.9 Å². The third-order valence-electron chi connectivity index (χ3n) is 3.30. The van der Waals surface area contributed by atoms with Gasteiger partial charge in [-0.15, -0.1) is 0 Å². The maximum atomic E-state index is 11.6. The zero-order valence-corrected chi connectivity index (χ0v) is 16.0. The summed E-state index contributed by atoms with van der Waals surface area (Å²) in [6.07, 6.45) is 0.0959. The topological polar surface area (TPSA) is 106 Å². The Morgan fingerprint density at radius 2 is 1.23 bits per heavy atom. The molecule has 0 saturated heterocycles. The quantitative estimate of drug-likeness (QED) is 0.545. The molecule has 0 heterocycles. The molecule has 1 unspecified atom stereocenters. The molecule has 1 atom stereocenters. The van der Waals surface area contributed by atoms with E-state index in [-0.39, 0.29) is 67.4 Å². The van der Waals surface area contributed by atoms with Crippen molar-refractivity contribution in [3.8, 4) is 0 Å². The van der Waals surface area contributed by atoms with Gasteiger partial charge in [-0.2, -0.15) is 0 Å². The van der Waals surface area contributed by atoms with E-state index in [1.54, 1.807) is 20.9 Å². The molecular weight excluding hydrogens is 338 g/mol. The van der Waals surface area contributed by atoms with Crippen LogP contribution in [0.5, 0.6) is 0 Å². The number of hydrogen-bond acceptors (Lipinski definition) is 6. The van der Waals surface area contributed by atoms with E-state index in [1.165, 1.54) is 25.7 Å². The average Bonchev–Trinajstić information content (AvgIpc) is 2.45. The minimum atomic E-state index is -0.384. The van der Waals surface area contributed by atoms with Crippen molar-refractivity contribution in [3.63, 3.8) is 0 Å². The second kappa shape index (κ2) is 15.1. The molecule has 0 aliphatic rings. The number of ketones is 5. The molecule has 0 N–H and O–H groups in total. The largest absolute Gasteiger partial charge is 0.345 e. The van der Waals surface area contributed by atoms with Gasteiger partial charge in [-0.3, -0.25) is 28.8 Å². The van der Waals surface area contributed by atoms with Gasteiger partial charge in [0.25, 0.3) is 0 Å². The molecular formula is C19H33NO6. The Bertz CT molecular complexity index is 524. The van der Waals surface area contributed by atoms with Crippen molar-refractivity contribution >= 4 is 34.8 Å². The number of carbonyl (C=O) groups is 6. The number of amides is 1. The summed E-state index contributed by atoms with van der Waals surface area (Å²) in [5, 5.41) is 0. The van der Waals surface area contributed by atoms with Gasteiger partial charge < -0.3 is 4.90 Å². The molecule has 0 bridgehead atoms. The lowest BCUT2D eigenvalue weighted by Gasteiger charge is -2.19. The molecule has 0 aliphatic heterocycles. The normalized spacial score (nSPS) is 10.4. The van der Waals surface area contributed by atoms with Crippen molar-refractivity contribution in [2.75, 3.05) is 13.6 Å². The average molecular weight is 371 g/mol. The lowest BCUT2D eigenvalue weighted by Crippen LogP contribution is -2.34. The Balaban J connectivity index is -0.000000498. The molecule has 0 rings (SSSR count). The molecule has 0 radical (unpaired) electrons. The van der Waals surface area contributed by atoms with Crippen LogP contribution in [0.15, 0.2) is 0 Å². The van der Waals surface area contributed by atoms with Crippen molar-refractivity contribution in [3.05, 3.63) is 0 Å². The lowest BCUT2D eigenvalue weighted by atomic mass is 10.1. The maximum Gasteiger partial charge on any atom is 0.229 e. The monoisotopic (exact) mass is 371 g/mol. The van der Waals surface area contributed by atoms with Crippen LogP contribution in [0, 0.1) is 5.92 Å². The molecule has 7 heteroatoms. The van der Waals surface area contributed by atoms with Gasteiger partial charge >= 0.3 is 0 Å². The summed E-state index contributed by atoms with van der Waals surface area (Å²) < 4.78 is 0. The minimum absolute atomic E-state index is 0. The van der Waals surface area contributed by atoms with Crippen LogP contribution in [0.4, 0.5) is 0 Å². The molecule has 0 saturated carbocycles. The first-order chi connectivity index (χ1) is 11.4. The van der Waals surface area contributed by atoms with E-state index in [1.807, 2.05) is 0 Å². The van der Waals surface area contributed by atoms with Crippen molar-refractivity contribution in [2.24, 2.45) is 5.92 Å². The fourth-order valence-electron chi connectivity index (χ4n) is 1.69. The highest BCUT2D eigenvalue weighted by molar-refractivity contribution is 6.06. The first-order valence-corrected chi connectivity index (χ1v) is 8.17. The predicted molar refractivity (Wildman–Crippen MR) is 99.7 cm³/mol. The fourth-order valence-corrected chi connectivity index (χ4v) is 1.69. The van der Waals surface area contributed by atoms with Crippen molar-refractivity contribution in [1.82, 2.24) is 4.90 Å². The van der Waals surface area contributed by atoms with Gasteiger partial charge in [0.1, 0.15) is 28.9 Å². The van der Waals surface area contributed by atoms with Gasteiger partial charge in [-0.05, 0) is 20.8 Å². The first-order valence-electron chi connectivity index (χ1n) is 8.17. The van der Waals surface area contributed by atoms with Crippen LogP contribution in [-0.2, 0) is 28.8 Å². The molecule has 0 aromatic rings. The SMILES string of the molecule is C.CC(=O)CC(=O)CC(=O)N(C)CC(C)C(C)=O.CCC(=O)CC(C)=O. The van der Waals surface area contributed by atoms with Crippen LogP contribution in [0.3, 0.4) is 0 Å². The molecule has 0 aromatic carbocycles. The molecule has 1 amide bonds. The molecule has 150 valence electrons. The summed E-state index contributed by atoms with van der Waals surface area (Å²) >= 11 is 0. The second-order valence-electron chi connectivity index (χ2n) is 6.15. The Labute approximate surface area is 156 Å². The number of hydrogen-bond donors (Lipinski definition) is 0. The van der Waals surface area contributed by atoms with E-state index in [4.69, 9.17) is 0 Å². The Morgan fingerprint density at radius 1 is 0.808 bits per heavy atom. The van der Waals surface area contributed by atoms with Gasteiger partial charge in [0.05, 0.1) is 19.3 Å². The van der Waals surface area contributed by atoms with Crippen molar-refractivity contribution in [1.29, 1.82) is 0 Å². The summed E-state index contributed by atoms with van der Waals surface area (Å²) in [7, 11) is 1.54. The standard InChI is InChI=1S/C12H19NO4.C6H10O2.CH4/c1-8(10(3)15)7-13(4)12(17)6-11(16)5-9(2)14;1-3-6(8)4-5(2)7;/h8H,5-7H2,1-4H3;3-4H2,1-2H3;1H4. The molecule has 7 nitrogen and oxygen atoms in total. The van der Waals surface area contributed by atoms with Gasteiger partial charge in [-0.25, -0.2) is 0 Å². The molecule has 0 aromatic heterocycles. The fraction of sp³-hybridized carbons (Fsp3) is 0.684. The number of Topliss-reactive ketones (excluding diaryl/α,β-unsaturated/α-hetero) is 5.